The molecular formula is C15H17N3O6. The van der Waals surface area contributed by atoms with Crippen LogP contribution in [0.3, 0.4) is 0 Å². The van der Waals surface area contributed by atoms with E-state index in [0.717, 1.165) is 0 Å². The summed E-state index contributed by atoms with van der Waals surface area (Å²) in [6.45, 7) is 1.26. The van der Waals surface area contributed by atoms with Crippen LogP contribution in [0, 0.1) is 0 Å². The zero-order valence-corrected chi connectivity index (χ0v) is 13.6. The van der Waals surface area contributed by atoms with Crippen LogP contribution in [0.4, 0.5) is 5.69 Å². The molecule has 0 atom stereocenters. The minimum Gasteiger partial charge on any atom is -0.510 e. The number of allylic oxidation sites excluding steroid dienone is 1. The number of rotatable bonds is 5. The molecule has 9 heteroatoms. The summed E-state index contributed by atoms with van der Waals surface area (Å²) in [5.74, 6) is -2.36. The number of nitrogens with one attached hydrogen (secondary N) is 1. The number of likely N-dealkylation sites (N-methyl/N-ethyl adjacent to an activating group) is 1. The highest BCUT2D eigenvalue weighted by atomic mass is 16.5. The third-order valence-electron chi connectivity index (χ3n) is 2.87. The van der Waals surface area contributed by atoms with Crippen LogP contribution in [0.15, 0.2) is 39.9 Å². The third kappa shape index (κ3) is 4.38. The molecule has 1 rings (SSSR count). The summed E-state index contributed by atoms with van der Waals surface area (Å²) >= 11 is 0. The molecule has 0 aliphatic carbocycles. The van der Waals surface area contributed by atoms with Gasteiger partial charge in [-0.15, -0.1) is 10.2 Å². The van der Waals surface area contributed by atoms with Crippen LogP contribution in [0.2, 0.25) is 0 Å². The monoisotopic (exact) mass is 335 g/mol. The van der Waals surface area contributed by atoms with Crippen LogP contribution >= 0.6 is 0 Å². The molecule has 9 nitrogen and oxygen atoms in total. The van der Waals surface area contributed by atoms with Crippen molar-refractivity contribution in [2.75, 3.05) is 21.3 Å². The molecule has 1 aromatic rings. The van der Waals surface area contributed by atoms with E-state index in [4.69, 9.17) is 0 Å². The third-order valence-corrected chi connectivity index (χ3v) is 2.87. The summed E-state index contributed by atoms with van der Waals surface area (Å²) in [5.41, 5.74) is -0.199. The quantitative estimate of drug-likeness (QED) is 0.366. The van der Waals surface area contributed by atoms with Gasteiger partial charge in [-0.1, -0.05) is 0 Å². The zero-order chi connectivity index (χ0) is 18.3. The van der Waals surface area contributed by atoms with Gasteiger partial charge in [-0.2, -0.15) is 0 Å². The second kappa shape index (κ2) is 8.42. The molecule has 0 aliphatic heterocycles. The van der Waals surface area contributed by atoms with Gasteiger partial charge in [-0.05, 0) is 25.1 Å². The Balaban J connectivity index is 3.40. The van der Waals surface area contributed by atoms with Gasteiger partial charge in [0.1, 0.15) is 11.4 Å². The normalized spacial score (nSPS) is 11.7. The van der Waals surface area contributed by atoms with Crippen molar-refractivity contribution in [3.63, 3.8) is 0 Å². The number of carbonyl (C=O) groups is 3. The number of azo groups is 1. The van der Waals surface area contributed by atoms with Gasteiger partial charge in [-0.25, -0.2) is 9.59 Å². The maximum absolute atomic E-state index is 11.8. The zero-order valence-electron chi connectivity index (χ0n) is 13.6. The molecule has 0 aliphatic rings. The first kappa shape index (κ1) is 18.8. The molecule has 0 saturated carbocycles. The maximum Gasteiger partial charge on any atom is 0.340 e. The fourth-order valence-electron chi connectivity index (χ4n) is 1.65. The number of methoxy groups -OCH3 is 2. The van der Waals surface area contributed by atoms with Crippen LogP contribution in [0.1, 0.15) is 27.6 Å². The Morgan fingerprint density at radius 2 is 1.75 bits per heavy atom. The van der Waals surface area contributed by atoms with Gasteiger partial charge in [0.05, 0.1) is 25.3 Å². The van der Waals surface area contributed by atoms with E-state index in [0.29, 0.717) is 0 Å². The highest BCUT2D eigenvalue weighted by Crippen LogP contribution is 2.24. The van der Waals surface area contributed by atoms with Crippen LogP contribution in [-0.4, -0.2) is 44.2 Å². The van der Waals surface area contributed by atoms with Crippen molar-refractivity contribution in [1.29, 1.82) is 0 Å². The van der Waals surface area contributed by atoms with E-state index in [1.54, 1.807) is 0 Å². The van der Waals surface area contributed by atoms with E-state index < -0.39 is 17.8 Å². The number of esters is 2. The average molecular weight is 335 g/mol. The SMILES string of the molecule is CNC(=O)C(N=Nc1cc(C(=O)OC)ccc1C(=O)OC)=C(C)O. The number of amides is 1. The standard InChI is InChI=1S/C15H17N3O6/c1-8(19)12(13(20)16-2)18-17-11-7-9(14(21)23-3)5-6-10(11)15(22)24-4/h5-7,19H,1-4H3,(H,16,20). The predicted octanol–water partition coefficient (Wildman–Crippen LogP) is 1.88. The van der Waals surface area contributed by atoms with Gasteiger partial charge in [0.15, 0.2) is 5.70 Å². The van der Waals surface area contributed by atoms with E-state index >= 15 is 0 Å². The number of benzene rings is 1. The molecule has 1 aromatic carbocycles. The number of aliphatic hydroxyl groups is 1. The number of aliphatic hydroxyl groups excluding tert-OH is 1. The van der Waals surface area contributed by atoms with Crippen molar-refractivity contribution < 1.29 is 29.0 Å². The summed E-state index contributed by atoms with van der Waals surface area (Å²) in [6.07, 6.45) is 0. The number of carbonyl (C=O) groups excluding carboxylic acids is 3. The van der Waals surface area contributed by atoms with Crippen LogP contribution in [0.25, 0.3) is 0 Å². The maximum atomic E-state index is 11.8. The molecule has 1 amide bonds. The van der Waals surface area contributed by atoms with Gasteiger partial charge in [0.25, 0.3) is 5.91 Å². The van der Waals surface area contributed by atoms with Crippen molar-refractivity contribution in [3.8, 4) is 0 Å². The lowest BCUT2D eigenvalue weighted by Crippen LogP contribution is -2.20. The lowest BCUT2D eigenvalue weighted by molar-refractivity contribution is -0.117. The smallest absolute Gasteiger partial charge is 0.340 e. The summed E-state index contributed by atoms with van der Waals surface area (Å²) in [6, 6.07) is 3.95. The fourth-order valence-corrected chi connectivity index (χ4v) is 1.65. The summed E-state index contributed by atoms with van der Waals surface area (Å²) < 4.78 is 9.23. The number of ether oxygens (including phenoxy) is 2. The molecule has 2 N–H and O–H groups in total. The fraction of sp³-hybridized carbons (Fsp3) is 0.267. The largest absolute Gasteiger partial charge is 0.510 e. The molecule has 24 heavy (non-hydrogen) atoms. The molecule has 0 saturated heterocycles. The van der Waals surface area contributed by atoms with Gasteiger partial charge in [-0.3, -0.25) is 4.79 Å². The van der Waals surface area contributed by atoms with E-state index in [1.807, 2.05) is 0 Å². The molecule has 0 fully saturated rings. The first-order valence-corrected chi connectivity index (χ1v) is 6.70. The van der Waals surface area contributed by atoms with Gasteiger partial charge in [0.2, 0.25) is 0 Å². The Morgan fingerprint density at radius 1 is 1.12 bits per heavy atom. The predicted molar refractivity (Wildman–Crippen MR) is 83.0 cm³/mol. The summed E-state index contributed by atoms with van der Waals surface area (Å²) in [5, 5.41) is 19.2. The lowest BCUT2D eigenvalue weighted by atomic mass is 10.1. The van der Waals surface area contributed by atoms with Gasteiger partial charge < -0.3 is 19.9 Å². The molecule has 0 aromatic heterocycles. The molecule has 128 valence electrons. The molecule has 0 unspecified atom stereocenters. The Hall–Kier alpha value is -3.23. The molecule has 0 radical (unpaired) electrons. The van der Waals surface area contributed by atoms with Crippen molar-refractivity contribution in [1.82, 2.24) is 5.32 Å². The highest BCUT2D eigenvalue weighted by molar-refractivity contribution is 5.98. The van der Waals surface area contributed by atoms with E-state index in [-0.39, 0.29) is 28.3 Å². The topological polar surface area (TPSA) is 127 Å². The second-order valence-electron chi connectivity index (χ2n) is 4.43. The van der Waals surface area contributed by atoms with Crippen molar-refractivity contribution >= 4 is 23.5 Å². The molecule has 0 spiro atoms. The van der Waals surface area contributed by atoms with Crippen molar-refractivity contribution in [2.24, 2.45) is 10.2 Å². The molecular weight excluding hydrogens is 318 g/mol. The summed E-state index contributed by atoms with van der Waals surface area (Å²) in [7, 11) is 3.75. The molecule has 0 bridgehead atoms. The van der Waals surface area contributed by atoms with E-state index in [1.165, 1.54) is 46.4 Å². The van der Waals surface area contributed by atoms with Crippen LogP contribution in [0.5, 0.6) is 0 Å². The number of hydrogen-bond acceptors (Lipinski definition) is 8. The minimum absolute atomic E-state index is 0.0209. The van der Waals surface area contributed by atoms with Gasteiger partial charge in [0, 0.05) is 7.05 Å². The first-order valence-electron chi connectivity index (χ1n) is 6.70. The summed E-state index contributed by atoms with van der Waals surface area (Å²) in [4.78, 5) is 35.0. The Bertz CT molecular complexity index is 720. The van der Waals surface area contributed by atoms with Gasteiger partial charge >= 0.3 is 11.9 Å². The Morgan fingerprint density at radius 3 is 2.25 bits per heavy atom. The highest BCUT2D eigenvalue weighted by Gasteiger charge is 2.17. The van der Waals surface area contributed by atoms with Crippen LogP contribution < -0.4 is 5.32 Å². The second-order valence-corrected chi connectivity index (χ2v) is 4.43. The Kier molecular flexibility index (Phi) is 6.60. The van der Waals surface area contributed by atoms with Crippen molar-refractivity contribution in [2.45, 2.75) is 6.92 Å². The minimum atomic E-state index is -0.702. The number of nitrogens with zero attached hydrogens (tertiary/aromatic N) is 2. The van der Waals surface area contributed by atoms with Crippen molar-refractivity contribution in [3.05, 3.63) is 40.8 Å². The first-order chi connectivity index (χ1) is 11.3. The van der Waals surface area contributed by atoms with E-state index in [2.05, 4.69) is 25.0 Å². The Labute approximate surface area is 138 Å². The van der Waals surface area contributed by atoms with E-state index in [9.17, 15) is 19.5 Å². The molecule has 0 heterocycles. The van der Waals surface area contributed by atoms with Crippen LogP contribution in [-0.2, 0) is 14.3 Å². The number of hydrogen-bond donors (Lipinski definition) is 2. The average Bonchev–Trinajstić information content (AvgIpc) is 2.59. The lowest BCUT2D eigenvalue weighted by Gasteiger charge is -2.06.